The summed E-state index contributed by atoms with van der Waals surface area (Å²) < 4.78 is 0. The average Bonchev–Trinajstić information content (AvgIpc) is 2.39. The molecule has 1 atom stereocenters. The van der Waals surface area contributed by atoms with Crippen molar-refractivity contribution in [3.8, 4) is 0 Å². The molecule has 0 aliphatic heterocycles. The van der Waals surface area contributed by atoms with E-state index in [4.69, 9.17) is 0 Å². The maximum Gasteiger partial charge on any atom is 0.233 e. The zero-order chi connectivity index (χ0) is 15.0. The van der Waals surface area contributed by atoms with Gasteiger partial charge in [-0.2, -0.15) is 0 Å². The minimum absolute atomic E-state index is 0.0630. The summed E-state index contributed by atoms with van der Waals surface area (Å²) >= 11 is 1.61. The Labute approximate surface area is 126 Å². The Hall–Kier alpha value is -1.00. The number of benzene rings is 1. The van der Waals surface area contributed by atoms with Gasteiger partial charge < -0.3 is 10.6 Å². The highest BCUT2D eigenvalue weighted by molar-refractivity contribution is 8.00. The molecule has 0 heterocycles. The largest absolute Gasteiger partial charge is 0.355 e. The lowest BCUT2D eigenvalue weighted by atomic mass is 10.1. The van der Waals surface area contributed by atoms with Gasteiger partial charge in [0.05, 0.1) is 5.25 Å². The highest BCUT2D eigenvalue weighted by Gasteiger charge is 2.14. The predicted octanol–water partition coefficient (Wildman–Crippen LogP) is 3.05. The quantitative estimate of drug-likeness (QED) is 0.724. The van der Waals surface area contributed by atoms with Gasteiger partial charge in [-0.1, -0.05) is 26.0 Å². The molecule has 0 spiro atoms. The van der Waals surface area contributed by atoms with Gasteiger partial charge in [0.2, 0.25) is 5.91 Å². The summed E-state index contributed by atoms with van der Waals surface area (Å²) in [7, 11) is 1.94. The fourth-order valence-corrected chi connectivity index (χ4v) is 2.79. The van der Waals surface area contributed by atoms with Crippen LogP contribution in [0.1, 0.15) is 32.8 Å². The van der Waals surface area contributed by atoms with Crippen LogP contribution in [0.3, 0.4) is 0 Å². The van der Waals surface area contributed by atoms with Crippen LogP contribution in [0.5, 0.6) is 0 Å². The first-order chi connectivity index (χ1) is 9.52. The number of amides is 1. The van der Waals surface area contributed by atoms with Crippen molar-refractivity contribution in [2.24, 2.45) is 5.92 Å². The number of carbonyl (C=O) groups is 1. The summed E-state index contributed by atoms with van der Waals surface area (Å²) in [6, 6.07) is 8.33. The fourth-order valence-electron chi connectivity index (χ4n) is 1.82. The van der Waals surface area contributed by atoms with Crippen LogP contribution in [-0.4, -0.2) is 24.7 Å². The molecule has 3 nitrogen and oxygen atoms in total. The van der Waals surface area contributed by atoms with Crippen LogP contribution >= 0.6 is 11.8 Å². The van der Waals surface area contributed by atoms with E-state index in [2.05, 4.69) is 42.7 Å². The van der Waals surface area contributed by atoms with Gasteiger partial charge >= 0.3 is 0 Å². The molecule has 0 saturated heterocycles. The van der Waals surface area contributed by atoms with Crippen LogP contribution in [0, 0.1) is 5.92 Å². The van der Waals surface area contributed by atoms with E-state index in [1.807, 2.05) is 20.0 Å². The van der Waals surface area contributed by atoms with Crippen LogP contribution in [-0.2, 0) is 11.3 Å². The Bertz CT molecular complexity index is 421. The molecule has 1 aromatic carbocycles. The minimum Gasteiger partial charge on any atom is -0.355 e. The van der Waals surface area contributed by atoms with Crippen molar-refractivity contribution >= 4 is 17.7 Å². The number of carbonyl (C=O) groups excluding carboxylic acids is 1. The number of hydrogen-bond acceptors (Lipinski definition) is 3. The molecule has 20 heavy (non-hydrogen) atoms. The van der Waals surface area contributed by atoms with E-state index in [9.17, 15) is 4.79 Å². The Balaban J connectivity index is 2.46. The summed E-state index contributed by atoms with van der Waals surface area (Å²) in [4.78, 5) is 13.1. The van der Waals surface area contributed by atoms with E-state index in [1.165, 1.54) is 5.56 Å². The van der Waals surface area contributed by atoms with E-state index in [1.54, 1.807) is 11.8 Å². The molecule has 0 fully saturated rings. The summed E-state index contributed by atoms with van der Waals surface area (Å²) in [5.41, 5.74) is 1.24. The first-order valence-corrected chi connectivity index (χ1v) is 8.08. The molecule has 112 valence electrons. The molecule has 0 aliphatic carbocycles. The molecule has 0 radical (unpaired) electrons. The zero-order valence-corrected chi connectivity index (χ0v) is 13.7. The summed E-state index contributed by atoms with van der Waals surface area (Å²) in [5, 5.41) is 6.08. The fraction of sp³-hybridized carbons (Fsp3) is 0.562. The molecule has 0 bridgehead atoms. The molecule has 4 heteroatoms. The van der Waals surface area contributed by atoms with Crippen LogP contribution in [0.25, 0.3) is 0 Å². The average molecular weight is 294 g/mol. The predicted molar refractivity (Wildman–Crippen MR) is 87.0 cm³/mol. The Kier molecular flexibility index (Phi) is 7.70. The summed E-state index contributed by atoms with van der Waals surface area (Å²) in [6.45, 7) is 7.90. The van der Waals surface area contributed by atoms with Gasteiger partial charge in [-0.05, 0) is 44.0 Å². The lowest BCUT2D eigenvalue weighted by molar-refractivity contribution is -0.120. The van der Waals surface area contributed by atoms with Gasteiger partial charge in [0.15, 0.2) is 0 Å². The molecule has 1 unspecified atom stereocenters. The molecule has 1 amide bonds. The van der Waals surface area contributed by atoms with Crippen molar-refractivity contribution in [2.45, 2.75) is 43.9 Å². The van der Waals surface area contributed by atoms with Crippen molar-refractivity contribution in [3.05, 3.63) is 29.8 Å². The molecule has 0 aliphatic rings. The Morgan fingerprint density at radius 1 is 1.30 bits per heavy atom. The van der Waals surface area contributed by atoms with Gasteiger partial charge in [0.25, 0.3) is 0 Å². The summed E-state index contributed by atoms with van der Waals surface area (Å²) in [5.74, 6) is 0.742. The number of hydrogen-bond donors (Lipinski definition) is 2. The molecule has 2 N–H and O–H groups in total. The van der Waals surface area contributed by atoms with Crippen LogP contribution in [0.15, 0.2) is 29.2 Å². The van der Waals surface area contributed by atoms with E-state index < -0.39 is 0 Å². The molecular weight excluding hydrogens is 268 g/mol. The first-order valence-electron chi connectivity index (χ1n) is 7.20. The van der Waals surface area contributed by atoms with Crippen LogP contribution in [0.2, 0.25) is 0 Å². The Morgan fingerprint density at radius 3 is 2.70 bits per heavy atom. The van der Waals surface area contributed by atoms with Crippen molar-refractivity contribution in [3.63, 3.8) is 0 Å². The van der Waals surface area contributed by atoms with Crippen LogP contribution in [0.4, 0.5) is 0 Å². The third-order valence-corrected chi connectivity index (χ3v) is 4.08. The number of rotatable bonds is 8. The van der Waals surface area contributed by atoms with Crippen molar-refractivity contribution < 1.29 is 4.79 Å². The van der Waals surface area contributed by atoms with Gasteiger partial charge in [-0.15, -0.1) is 11.8 Å². The SMILES string of the molecule is CNCc1cccc(SC(C)C(=O)NCCC(C)C)c1. The highest BCUT2D eigenvalue weighted by atomic mass is 32.2. The standard InChI is InChI=1S/C16H26N2OS/c1-12(2)8-9-18-16(19)13(3)20-15-7-5-6-14(10-15)11-17-4/h5-7,10,12-13,17H,8-9,11H2,1-4H3,(H,18,19). The lowest BCUT2D eigenvalue weighted by Crippen LogP contribution is -2.32. The minimum atomic E-state index is -0.0630. The summed E-state index contributed by atoms with van der Waals surface area (Å²) in [6.07, 6.45) is 1.03. The Morgan fingerprint density at radius 2 is 2.05 bits per heavy atom. The molecule has 0 saturated carbocycles. The van der Waals surface area contributed by atoms with Gasteiger partial charge in [-0.3, -0.25) is 4.79 Å². The molecule has 1 aromatic rings. The third kappa shape index (κ3) is 6.44. The second-order valence-corrected chi connectivity index (χ2v) is 6.83. The topological polar surface area (TPSA) is 41.1 Å². The maximum atomic E-state index is 12.0. The van der Waals surface area contributed by atoms with E-state index in [0.717, 1.165) is 24.4 Å². The second kappa shape index (κ2) is 9.03. The van der Waals surface area contributed by atoms with Gasteiger partial charge in [0.1, 0.15) is 0 Å². The number of nitrogens with one attached hydrogen (secondary N) is 2. The first kappa shape index (κ1) is 17.1. The third-order valence-electron chi connectivity index (χ3n) is 2.98. The smallest absolute Gasteiger partial charge is 0.233 e. The molecule has 0 aromatic heterocycles. The highest BCUT2D eigenvalue weighted by Crippen LogP contribution is 2.24. The lowest BCUT2D eigenvalue weighted by Gasteiger charge is -2.13. The molecule has 1 rings (SSSR count). The monoisotopic (exact) mass is 294 g/mol. The van der Waals surface area contributed by atoms with E-state index >= 15 is 0 Å². The van der Waals surface area contributed by atoms with Crippen molar-refractivity contribution in [1.29, 1.82) is 0 Å². The normalized spacial score (nSPS) is 12.4. The van der Waals surface area contributed by atoms with Crippen molar-refractivity contribution in [1.82, 2.24) is 10.6 Å². The maximum absolute atomic E-state index is 12.0. The molecular formula is C16H26N2OS. The van der Waals surface area contributed by atoms with E-state index in [0.29, 0.717) is 5.92 Å². The second-order valence-electron chi connectivity index (χ2n) is 5.41. The zero-order valence-electron chi connectivity index (χ0n) is 12.9. The van der Waals surface area contributed by atoms with Crippen LogP contribution < -0.4 is 10.6 Å². The van der Waals surface area contributed by atoms with Gasteiger partial charge in [-0.25, -0.2) is 0 Å². The van der Waals surface area contributed by atoms with E-state index in [-0.39, 0.29) is 11.2 Å². The number of thioether (sulfide) groups is 1. The van der Waals surface area contributed by atoms with Gasteiger partial charge in [0, 0.05) is 18.0 Å². The van der Waals surface area contributed by atoms with Crippen molar-refractivity contribution in [2.75, 3.05) is 13.6 Å².